The van der Waals surface area contributed by atoms with Gasteiger partial charge in [-0.2, -0.15) is 0 Å². The maximum atomic E-state index is 12.2. The largest absolute Gasteiger partial charge is 0.550 e. The van der Waals surface area contributed by atoms with E-state index in [0.717, 1.165) is 29.8 Å². The van der Waals surface area contributed by atoms with E-state index in [2.05, 4.69) is 24.1 Å². The van der Waals surface area contributed by atoms with Gasteiger partial charge in [-0.15, -0.1) is 11.3 Å². The van der Waals surface area contributed by atoms with Crippen LogP contribution in [0.2, 0.25) is 0 Å². The summed E-state index contributed by atoms with van der Waals surface area (Å²) >= 11 is 1.47. The monoisotopic (exact) mass is 405 g/mol. The highest BCUT2D eigenvalue weighted by Gasteiger charge is 2.58. The molecule has 28 heavy (non-hydrogen) atoms. The van der Waals surface area contributed by atoms with Gasteiger partial charge in [0, 0.05) is 35.0 Å². The minimum absolute atomic E-state index is 0.0424. The first-order chi connectivity index (χ1) is 13.2. The lowest BCUT2D eigenvalue weighted by Crippen LogP contribution is -2.50. The Morgan fingerprint density at radius 2 is 2.07 bits per heavy atom. The van der Waals surface area contributed by atoms with E-state index in [1.807, 2.05) is 6.92 Å². The van der Waals surface area contributed by atoms with Crippen LogP contribution in [0.4, 0.5) is 5.13 Å². The van der Waals surface area contributed by atoms with Crippen LogP contribution in [0, 0.1) is 23.2 Å². The number of aliphatic carboxylic acids is 1. The second kappa shape index (κ2) is 6.83. The van der Waals surface area contributed by atoms with Crippen LogP contribution in [0.15, 0.2) is 0 Å². The van der Waals surface area contributed by atoms with Gasteiger partial charge in [0.05, 0.1) is 11.6 Å². The molecule has 1 amide bonds. The summed E-state index contributed by atoms with van der Waals surface area (Å²) in [7, 11) is 0. The second-order valence-electron chi connectivity index (χ2n) is 8.79. The van der Waals surface area contributed by atoms with Crippen LogP contribution in [0.3, 0.4) is 0 Å². The second-order valence-corrected chi connectivity index (χ2v) is 9.87. The summed E-state index contributed by atoms with van der Waals surface area (Å²) in [6, 6.07) is 0. The van der Waals surface area contributed by atoms with E-state index in [9.17, 15) is 19.5 Å². The minimum atomic E-state index is -1.24. The van der Waals surface area contributed by atoms with E-state index < -0.39 is 5.97 Å². The van der Waals surface area contributed by atoms with Gasteiger partial charge in [-0.05, 0) is 31.1 Å². The van der Waals surface area contributed by atoms with Crippen LogP contribution in [0.5, 0.6) is 0 Å². The number of aromatic nitrogens is 1. The molecule has 4 rings (SSSR count). The van der Waals surface area contributed by atoms with Crippen molar-refractivity contribution in [2.24, 2.45) is 23.2 Å². The fraction of sp³-hybridized carbons (Fsp3) is 0.700. The minimum Gasteiger partial charge on any atom is -0.550 e. The molecule has 6 atom stereocenters. The van der Waals surface area contributed by atoms with Crippen LogP contribution >= 0.6 is 11.3 Å². The molecule has 0 radical (unpaired) electrons. The van der Waals surface area contributed by atoms with E-state index in [-0.39, 0.29) is 59.9 Å². The van der Waals surface area contributed by atoms with Crippen LogP contribution in [0.25, 0.3) is 0 Å². The van der Waals surface area contributed by atoms with Gasteiger partial charge < -0.3 is 20.0 Å². The number of carboxylic acid groups (broad SMARTS) is 1. The Labute approximate surface area is 167 Å². The van der Waals surface area contributed by atoms with Gasteiger partial charge in [-0.25, -0.2) is 4.98 Å². The third kappa shape index (κ3) is 3.11. The lowest BCUT2D eigenvalue weighted by atomic mass is 9.54. The quantitative estimate of drug-likeness (QED) is 0.766. The molecule has 1 saturated carbocycles. The molecular weight excluding hydrogens is 380 g/mol. The van der Waals surface area contributed by atoms with E-state index in [1.165, 1.54) is 11.3 Å². The Morgan fingerprint density at radius 1 is 1.32 bits per heavy atom. The van der Waals surface area contributed by atoms with Crippen molar-refractivity contribution in [3.8, 4) is 0 Å². The molecule has 2 aliphatic carbocycles. The molecule has 1 N–H and O–H groups in total. The number of amides is 1. The SMILES string of the molecule is C[C@@H]1C(=O)O[C@H]2[C@H]1CC[C@@]1(C)Cc3sc(NC(=O)CCC(=O)[O-])nc3[C@@H](C)[C@H]21. The number of nitrogens with one attached hydrogen (secondary N) is 1. The zero-order valence-corrected chi connectivity index (χ0v) is 17.1. The molecule has 0 bridgehead atoms. The number of rotatable bonds is 4. The molecule has 152 valence electrons. The number of fused-ring (bicyclic) bond motifs is 4. The zero-order chi connectivity index (χ0) is 20.2. The molecule has 8 heteroatoms. The fourth-order valence-corrected chi connectivity index (χ4v) is 6.81. The lowest BCUT2D eigenvalue weighted by molar-refractivity contribution is -0.305. The molecule has 2 fully saturated rings. The zero-order valence-electron chi connectivity index (χ0n) is 16.3. The standard InChI is InChI=1S/C20H26N2O5S/c1-9-11-6-7-20(3)8-12-16(10(2)15(20)17(11)27-18(9)26)22-19(28-12)21-13(23)4-5-14(24)25/h9-11,15,17H,4-8H2,1-3H3,(H,24,25)(H,21,22,23)/p-1/t9-,10-,11-,15+,17-,20-/m0/s1. The normalized spacial score (nSPS) is 36.1. The van der Waals surface area contributed by atoms with Gasteiger partial charge in [-0.1, -0.05) is 20.8 Å². The van der Waals surface area contributed by atoms with E-state index in [1.54, 1.807) is 0 Å². The predicted molar refractivity (Wildman–Crippen MR) is 100 cm³/mol. The third-order valence-corrected chi connectivity index (χ3v) is 7.95. The van der Waals surface area contributed by atoms with Gasteiger partial charge in [0.25, 0.3) is 0 Å². The van der Waals surface area contributed by atoms with Crippen LogP contribution in [-0.4, -0.2) is 28.9 Å². The van der Waals surface area contributed by atoms with Crippen molar-refractivity contribution in [2.75, 3.05) is 5.32 Å². The Bertz CT molecular complexity index is 837. The summed E-state index contributed by atoms with van der Waals surface area (Å²) in [6.07, 6.45) is 2.42. The highest BCUT2D eigenvalue weighted by molar-refractivity contribution is 7.15. The molecule has 1 aromatic rings. The number of carbonyl (C=O) groups excluding carboxylic acids is 3. The van der Waals surface area contributed by atoms with Gasteiger partial charge >= 0.3 is 5.97 Å². The number of carbonyl (C=O) groups is 3. The van der Waals surface area contributed by atoms with Gasteiger partial charge in [-0.3, -0.25) is 9.59 Å². The Balaban J connectivity index is 1.57. The molecular formula is C20H25N2O5S-. The van der Waals surface area contributed by atoms with Crippen molar-refractivity contribution < 1.29 is 24.2 Å². The number of ether oxygens (including phenoxy) is 1. The molecule has 0 aromatic carbocycles. The molecule has 1 aliphatic heterocycles. The van der Waals surface area contributed by atoms with E-state index in [4.69, 9.17) is 4.74 Å². The third-order valence-electron chi connectivity index (χ3n) is 6.96. The van der Waals surface area contributed by atoms with Gasteiger partial charge in [0.1, 0.15) is 6.10 Å². The summed E-state index contributed by atoms with van der Waals surface area (Å²) in [4.78, 5) is 40.5. The van der Waals surface area contributed by atoms with Crippen molar-refractivity contribution in [3.63, 3.8) is 0 Å². The first kappa shape index (κ1) is 19.4. The first-order valence-corrected chi connectivity index (χ1v) is 10.7. The summed E-state index contributed by atoms with van der Waals surface area (Å²) in [5.74, 6) is -1.12. The molecule has 0 unspecified atom stereocenters. The van der Waals surface area contributed by atoms with Crippen molar-refractivity contribution in [3.05, 3.63) is 10.6 Å². The molecule has 2 heterocycles. The number of carboxylic acids is 1. The van der Waals surface area contributed by atoms with E-state index in [0.29, 0.717) is 5.13 Å². The van der Waals surface area contributed by atoms with Crippen LogP contribution < -0.4 is 10.4 Å². The van der Waals surface area contributed by atoms with Crippen molar-refractivity contribution in [2.45, 2.75) is 64.9 Å². The molecule has 7 nitrogen and oxygen atoms in total. The molecule has 1 saturated heterocycles. The topological polar surface area (TPSA) is 108 Å². The number of anilines is 1. The maximum absolute atomic E-state index is 12.2. The average molecular weight is 405 g/mol. The van der Waals surface area contributed by atoms with Gasteiger partial charge in [0.15, 0.2) is 5.13 Å². The smallest absolute Gasteiger partial charge is 0.309 e. The summed E-state index contributed by atoms with van der Waals surface area (Å²) in [5.41, 5.74) is 1.01. The number of thiazole rings is 1. The summed E-state index contributed by atoms with van der Waals surface area (Å²) in [5, 5.41) is 13.8. The Morgan fingerprint density at radius 3 is 2.79 bits per heavy atom. The van der Waals surface area contributed by atoms with Gasteiger partial charge in [0.2, 0.25) is 5.91 Å². The molecule has 0 spiro atoms. The maximum Gasteiger partial charge on any atom is 0.309 e. The Hall–Kier alpha value is -1.96. The number of hydrogen-bond donors (Lipinski definition) is 1. The highest BCUT2D eigenvalue weighted by atomic mass is 32.1. The Kier molecular flexibility index (Phi) is 4.72. The predicted octanol–water partition coefficient (Wildman–Crippen LogP) is 1.87. The first-order valence-electron chi connectivity index (χ1n) is 9.89. The van der Waals surface area contributed by atoms with Crippen LogP contribution in [-0.2, 0) is 25.5 Å². The lowest BCUT2D eigenvalue weighted by Gasteiger charge is -2.51. The molecule has 1 aromatic heterocycles. The number of hydrogen-bond acceptors (Lipinski definition) is 7. The van der Waals surface area contributed by atoms with E-state index >= 15 is 0 Å². The summed E-state index contributed by atoms with van der Waals surface area (Å²) < 4.78 is 5.83. The van der Waals surface area contributed by atoms with Crippen molar-refractivity contribution in [1.82, 2.24) is 4.98 Å². The fourth-order valence-electron chi connectivity index (χ4n) is 5.53. The summed E-state index contributed by atoms with van der Waals surface area (Å²) in [6.45, 7) is 6.39. The number of esters is 1. The van der Waals surface area contributed by atoms with Crippen molar-refractivity contribution >= 4 is 34.3 Å². The number of nitrogens with zero attached hydrogens (tertiary/aromatic N) is 1. The van der Waals surface area contributed by atoms with Crippen molar-refractivity contribution in [1.29, 1.82) is 0 Å². The molecule has 3 aliphatic rings. The average Bonchev–Trinajstić information content (AvgIpc) is 3.13. The highest BCUT2D eigenvalue weighted by Crippen LogP contribution is 2.59. The van der Waals surface area contributed by atoms with Crippen LogP contribution in [0.1, 0.15) is 62.9 Å².